The second-order valence-electron chi connectivity index (χ2n) is 2.22. The van der Waals surface area contributed by atoms with Crippen LogP contribution < -0.4 is 16.6 Å². The number of anilines is 1. The van der Waals surface area contributed by atoms with Crippen LogP contribution in [0.15, 0.2) is 18.2 Å². The van der Waals surface area contributed by atoms with Crippen LogP contribution in [0.5, 0.6) is 0 Å². The predicted molar refractivity (Wildman–Crippen MR) is 42.7 cm³/mol. The second kappa shape index (κ2) is 3.81. The number of benzene rings is 1. The number of hydrazine groups is 1. The van der Waals surface area contributed by atoms with Gasteiger partial charge in [0.15, 0.2) is 0 Å². The molecule has 1 rings (SSSR count). The monoisotopic (exact) mass is 187 g/mol. The molecular formula is C7H7F2N3O. The lowest BCUT2D eigenvalue weighted by atomic mass is 10.3. The summed E-state index contributed by atoms with van der Waals surface area (Å²) >= 11 is 0. The highest BCUT2D eigenvalue weighted by Gasteiger charge is 2.05. The van der Waals surface area contributed by atoms with E-state index in [9.17, 15) is 13.6 Å². The fourth-order valence-electron chi connectivity index (χ4n) is 0.752. The first-order valence-corrected chi connectivity index (χ1v) is 3.36. The summed E-state index contributed by atoms with van der Waals surface area (Å²) in [6.07, 6.45) is 0. The van der Waals surface area contributed by atoms with Crippen LogP contribution in [0.4, 0.5) is 19.3 Å². The van der Waals surface area contributed by atoms with E-state index in [-0.39, 0.29) is 5.69 Å². The van der Waals surface area contributed by atoms with E-state index >= 15 is 0 Å². The molecule has 0 aliphatic rings. The molecule has 70 valence electrons. The van der Waals surface area contributed by atoms with Crippen LogP contribution in [-0.2, 0) is 0 Å². The molecule has 0 aromatic heterocycles. The van der Waals surface area contributed by atoms with Gasteiger partial charge in [0.05, 0.1) is 5.69 Å². The summed E-state index contributed by atoms with van der Waals surface area (Å²) in [6.45, 7) is 0. The van der Waals surface area contributed by atoms with Crippen LogP contribution in [0, 0.1) is 11.6 Å². The van der Waals surface area contributed by atoms with Gasteiger partial charge in [-0.2, -0.15) is 0 Å². The number of hydrogen-bond acceptors (Lipinski definition) is 2. The first-order chi connectivity index (χ1) is 6.13. The zero-order chi connectivity index (χ0) is 9.84. The summed E-state index contributed by atoms with van der Waals surface area (Å²) in [4.78, 5) is 10.6. The summed E-state index contributed by atoms with van der Waals surface area (Å²) in [6, 6.07) is 1.89. The van der Waals surface area contributed by atoms with Gasteiger partial charge in [-0.25, -0.2) is 19.4 Å². The molecule has 4 N–H and O–H groups in total. The number of halogens is 2. The zero-order valence-electron chi connectivity index (χ0n) is 6.47. The molecule has 0 unspecified atom stereocenters. The third kappa shape index (κ3) is 2.38. The van der Waals surface area contributed by atoms with Crippen LogP contribution in [0.2, 0.25) is 0 Å². The van der Waals surface area contributed by atoms with Gasteiger partial charge in [-0.05, 0) is 12.1 Å². The number of carbonyl (C=O) groups is 1. The van der Waals surface area contributed by atoms with Crippen LogP contribution in [-0.4, -0.2) is 6.03 Å². The maximum absolute atomic E-state index is 12.8. The Morgan fingerprint density at radius 3 is 2.69 bits per heavy atom. The largest absolute Gasteiger partial charge is 0.333 e. The lowest BCUT2D eigenvalue weighted by Gasteiger charge is -2.04. The molecule has 1 aromatic carbocycles. The maximum Gasteiger partial charge on any atom is 0.333 e. The van der Waals surface area contributed by atoms with Crippen molar-refractivity contribution < 1.29 is 13.6 Å². The van der Waals surface area contributed by atoms with E-state index in [0.717, 1.165) is 18.2 Å². The SMILES string of the molecule is NNC(=O)Nc1cc(F)ccc1F. The Kier molecular flexibility index (Phi) is 2.76. The zero-order valence-corrected chi connectivity index (χ0v) is 6.47. The van der Waals surface area contributed by atoms with Crippen molar-refractivity contribution >= 4 is 11.7 Å². The molecule has 2 amide bonds. The number of hydrogen-bond donors (Lipinski definition) is 3. The summed E-state index contributed by atoms with van der Waals surface area (Å²) in [5.41, 5.74) is 1.46. The van der Waals surface area contributed by atoms with Gasteiger partial charge >= 0.3 is 6.03 Å². The molecule has 0 bridgehead atoms. The van der Waals surface area contributed by atoms with Gasteiger partial charge in [0, 0.05) is 6.07 Å². The molecule has 0 aliphatic heterocycles. The molecule has 0 radical (unpaired) electrons. The predicted octanol–water partition coefficient (Wildman–Crippen LogP) is 0.960. The van der Waals surface area contributed by atoms with E-state index in [1.54, 1.807) is 5.43 Å². The minimum Gasteiger partial charge on any atom is -0.304 e. The Labute approximate surface area is 72.7 Å². The van der Waals surface area contributed by atoms with Crippen molar-refractivity contribution in [2.75, 3.05) is 5.32 Å². The van der Waals surface area contributed by atoms with Crippen LogP contribution >= 0.6 is 0 Å². The Morgan fingerprint density at radius 1 is 1.38 bits per heavy atom. The summed E-state index contributed by atoms with van der Waals surface area (Å²) < 4.78 is 25.3. The Hall–Kier alpha value is -1.69. The van der Waals surface area contributed by atoms with E-state index in [4.69, 9.17) is 5.84 Å². The molecule has 13 heavy (non-hydrogen) atoms. The molecular weight excluding hydrogens is 180 g/mol. The number of nitrogens with one attached hydrogen (secondary N) is 2. The average molecular weight is 187 g/mol. The highest BCUT2D eigenvalue weighted by Crippen LogP contribution is 2.14. The molecule has 6 heteroatoms. The number of nitrogens with two attached hydrogens (primary N) is 1. The number of urea groups is 1. The van der Waals surface area contributed by atoms with Crippen LogP contribution in [0.1, 0.15) is 0 Å². The lowest BCUT2D eigenvalue weighted by Crippen LogP contribution is -2.34. The van der Waals surface area contributed by atoms with Crippen molar-refractivity contribution in [3.63, 3.8) is 0 Å². The van der Waals surface area contributed by atoms with Crippen molar-refractivity contribution in [1.82, 2.24) is 5.43 Å². The average Bonchev–Trinajstić information content (AvgIpc) is 2.11. The fourth-order valence-corrected chi connectivity index (χ4v) is 0.752. The normalized spacial score (nSPS) is 9.46. The molecule has 4 nitrogen and oxygen atoms in total. The minimum absolute atomic E-state index is 0.261. The Balaban J connectivity index is 2.87. The van der Waals surface area contributed by atoms with Crippen molar-refractivity contribution in [3.8, 4) is 0 Å². The minimum atomic E-state index is -0.815. The molecule has 0 saturated carbocycles. The van der Waals surface area contributed by atoms with E-state index in [0.29, 0.717) is 0 Å². The molecule has 0 heterocycles. The Morgan fingerprint density at radius 2 is 2.08 bits per heavy atom. The van der Waals surface area contributed by atoms with Crippen LogP contribution in [0.3, 0.4) is 0 Å². The summed E-state index contributed by atoms with van der Waals surface area (Å²) in [7, 11) is 0. The van der Waals surface area contributed by atoms with E-state index < -0.39 is 17.7 Å². The molecule has 0 spiro atoms. The maximum atomic E-state index is 12.8. The first kappa shape index (κ1) is 9.40. The van der Waals surface area contributed by atoms with Crippen molar-refractivity contribution in [3.05, 3.63) is 29.8 Å². The third-order valence-corrected chi connectivity index (χ3v) is 1.31. The highest BCUT2D eigenvalue weighted by molar-refractivity contribution is 5.88. The van der Waals surface area contributed by atoms with Crippen molar-refractivity contribution in [2.24, 2.45) is 5.84 Å². The van der Waals surface area contributed by atoms with Crippen molar-refractivity contribution in [1.29, 1.82) is 0 Å². The van der Waals surface area contributed by atoms with Crippen LogP contribution in [0.25, 0.3) is 0 Å². The van der Waals surface area contributed by atoms with Gasteiger partial charge in [0.25, 0.3) is 0 Å². The standard InChI is InChI=1S/C7H7F2N3O/c8-4-1-2-5(9)6(3-4)11-7(13)12-10/h1-3H,10H2,(H2,11,12,13). The molecule has 0 saturated heterocycles. The summed E-state index contributed by atoms with van der Waals surface area (Å²) in [5, 5.41) is 2.01. The molecule has 0 aliphatic carbocycles. The van der Waals surface area contributed by atoms with Crippen molar-refractivity contribution in [2.45, 2.75) is 0 Å². The fraction of sp³-hybridized carbons (Fsp3) is 0. The van der Waals surface area contributed by atoms with Gasteiger partial charge in [0.2, 0.25) is 0 Å². The van der Waals surface area contributed by atoms with Gasteiger partial charge in [-0.3, -0.25) is 5.43 Å². The summed E-state index contributed by atoms with van der Waals surface area (Å²) in [5.74, 6) is 3.35. The molecule has 0 fully saturated rings. The molecule has 0 atom stereocenters. The third-order valence-electron chi connectivity index (χ3n) is 1.31. The smallest absolute Gasteiger partial charge is 0.304 e. The van der Waals surface area contributed by atoms with Gasteiger partial charge in [0.1, 0.15) is 11.6 Å². The highest BCUT2D eigenvalue weighted by atomic mass is 19.1. The lowest BCUT2D eigenvalue weighted by molar-refractivity contribution is 0.252. The van der Waals surface area contributed by atoms with E-state index in [2.05, 4.69) is 0 Å². The van der Waals surface area contributed by atoms with Gasteiger partial charge in [-0.15, -0.1) is 0 Å². The van der Waals surface area contributed by atoms with Gasteiger partial charge in [-0.1, -0.05) is 0 Å². The first-order valence-electron chi connectivity index (χ1n) is 3.36. The quantitative estimate of drug-likeness (QED) is 0.348. The second-order valence-corrected chi connectivity index (χ2v) is 2.22. The van der Waals surface area contributed by atoms with E-state index in [1.165, 1.54) is 0 Å². The van der Waals surface area contributed by atoms with Gasteiger partial charge < -0.3 is 5.32 Å². The number of amides is 2. The number of rotatable bonds is 1. The molecule has 1 aromatic rings. The number of carbonyl (C=O) groups excluding carboxylic acids is 1. The topological polar surface area (TPSA) is 67.1 Å². The Bertz CT molecular complexity index is 330. The van der Waals surface area contributed by atoms with E-state index in [1.807, 2.05) is 5.32 Å².